The predicted octanol–water partition coefficient (Wildman–Crippen LogP) is 5.34. The molecule has 3 rings (SSSR count). The zero-order chi connectivity index (χ0) is 29.0. The minimum Gasteiger partial charge on any atom is -0.455 e. The molecular formula is C19H8F9N3O7. The molecule has 1 N–H and O–H groups in total. The van der Waals surface area contributed by atoms with Gasteiger partial charge in [-0.1, -0.05) is 5.16 Å². The number of rotatable bonds is 7. The van der Waals surface area contributed by atoms with E-state index in [0.717, 1.165) is 18.2 Å². The van der Waals surface area contributed by atoms with E-state index in [1.807, 2.05) is 0 Å². The number of halogens is 9. The van der Waals surface area contributed by atoms with Crippen LogP contribution >= 0.6 is 0 Å². The summed E-state index contributed by atoms with van der Waals surface area (Å²) in [5.74, 6) is -22.7. The van der Waals surface area contributed by atoms with E-state index in [2.05, 4.69) is 9.89 Å². The Morgan fingerprint density at radius 2 is 1.39 bits per heavy atom. The first kappa shape index (κ1) is 28.1. The second kappa shape index (κ2) is 8.84. The SMILES string of the molecule is O=C(OCC(F)(F)C(F)(F)C(F)(F)C(F)(F)F)c1cc([N+](=O)[O-])cc2c1-c1ccc([N+](=O)[O-])cc1/C2=N\O. The van der Waals surface area contributed by atoms with E-state index < -0.39 is 80.1 Å². The van der Waals surface area contributed by atoms with Gasteiger partial charge in [-0.2, -0.15) is 39.5 Å². The number of ether oxygens (including phenoxy) is 1. The van der Waals surface area contributed by atoms with Crippen LogP contribution in [0.4, 0.5) is 50.9 Å². The molecule has 204 valence electrons. The smallest absolute Gasteiger partial charge is 0.455 e. The van der Waals surface area contributed by atoms with E-state index >= 15 is 0 Å². The van der Waals surface area contributed by atoms with Crippen molar-refractivity contribution in [2.24, 2.45) is 5.16 Å². The summed E-state index contributed by atoms with van der Waals surface area (Å²) >= 11 is 0. The summed E-state index contributed by atoms with van der Waals surface area (Å²) < 4.78 is 122. The van der Waals surface area contributed by atoms with Gasteiger partial charge in [-0.15, -0.1) is 0 Å². The lowest BCUT2D eigenvalue weighted by atomic mass is 9.98. The summed E-state index contributed by atoms with van der Waals surface area (Å²) in [4.78, 5) is 32.8. The monoisotopic (exact) mass is 561 g/mol. The van der Waals surface area contributed by atoms with Crippen molar-refractivity contribution in [3.05, 3.63) is 67.3 Å². The standard InChI is InChI=1S/C19H8F9N3O7/c20-16(21,17(22,23)18(24,25)19(26,27)28)6-38-15(32)12-5-8(31(36)37)4-11-13(12)9-2-1-7(30(34)35)3-10(9)14(11)29-33/h1-5,33H,6H2/b29-14+. The van der Waals surface area contributed by atoms with Crippen molar-refractivity contribution < 1.29 is 64.1 Å². The number of esters is 1. The van der Waals surface area contributed by atoms with Crippen LogP contribution < -0.4 is 0 Å². The molecule has 10 nitrogen and oxygen atoms in total. The Kier molecular flexibility index (Phi) is 6.54. The number of nitro groups is 2. The van der Waals surface area contributed by atoms with Gasteiger partial charge in [0.05, 0.1) is 15.4 Å². The molecule has 0 fully saturated rings. The van der Waals surface area contributed by atoms with Gasteiger partial charge in [-0.05, 0) is 11.6 Å². The number of hydrogen-bond acceptors (Lipinski definition) is 8. The Bertz CT molecular complexity index is 1390. The Morgan fingerprint density at radius 3 is 1.89 bits per heavy atom. The van der Waals surface area contributed by atoms with E-state index in [1.165, 1.54) is 0 Å². The maximum atomic E-state index is 13.8. The summed E-state index contributed by atoms with van der Waals surface area (Å²) in [6.07, 6.45) is -7.11. The zero-order valence-electron chi connectivity index (χ0n) is 17.7. The summed E-state index contributed by atoms with van der Waals surface area (Å²) in [6.45, 7) is -3.02. The van der Waals surface area contributed by atoms with Crippen LogP contribution in [0.3, 0.4) is 0 Å². The molecule has 0 spiro atoms. The minimum atomic E-state index is -7.25. The van der Waals surface area contributed by atoms with Crippen molar-refractivity contribution in [2.75, 3.05) is 6.61 Å². The van der Waals surface area contributed by atoms with Crippen molar-refractivity contribution in [3.8, 4) is 11.1 Å². The van der Waals surface area contributed by atoms with Crippen molar-refractivity contribution >= 4 is 23.1 Å². The fourth-order valence-corrected chi connectivity index (χ4v) is 3.41. The number of nitro benzene ring substituents is 2. The highest BCUT2D eigenvalue weighted by Gasteiger charge is 2.82. The lowest BCUT2D eigenvalue weighted by molar-refractivity contribution is -0.398. The molecule has 0 saturated carbocycles. The number of fused-ring (bicyclic) bond motifs is 3. The van der Waals surface area contributed by atoms with Gasteiger partial charge >= 0.3 is 29.9 Å². The average molecular weight is 561 g/mol. The van der Waals surface area contributed by atoms with Crippen LogP contribution in [0.1, 0.15) is 21.5 Å². The number of nitrogens with zero attached hydrogens (tertiary/aromatic N) is 3. The number of benzene rings is 2. The molecule has 0 aromatic heterocycles. The Morgan fingerprint density at radius 1 is 0.842 bits per heavy atom. The van der Waals surface area contributed by atoms with E-state index in [0.29, 0.717) is 12.1 Å². The Balaban J connectivity index is 2.09. The van der Waals surface area contributed by atoms with Crippen molar-refractivity contribution in [2.45, 2.75) is 23.9 Å². The van der Waals surface area contributed by atoms with Crippen molar-refractivity contribution in [1.29, 1.82) is 0 Å². The van der Waals surface area contributed by atoms with Crippen LogP contribution in [0.25, 0.3) is 11.1 Å². The topological polar surface area (TPSA) is 145 Å². The molecule has 0 bridgehead atoms. The molecule has 0 atom stereocenters. The zero-order valence-corrected chi connectivity index (χ0v) is 17.7. The highest BCUT2D eigenvalue weighted by molar-refractivity contribution is 6.27. The third-order valence-electron chi connectivity index (χ3n) is 5.24. The van der Waals surface area contributed by atoms with Gasteiger partial charge in [0, 0.05) is 41.0 Å². The van der Waals surface area contributed by atoms with E-state index in [-0.39, 0.29) is 11.1 Å². The summed E-state index contributed by atoms with van der Waals surface area (Å²) in [5, 5.41) is 34.6. The molecule has 0 unspecified atom stereocenters. The third-order valence-corrected chi connectivity index (χ3v) is 5.24. The highest BCUT2D eigenvalue weighted by atomic mass is 19.4. The van der Waals surface area contributed by atoms with Crippen LogP contribution in [0.15, 0.2) is 35.5 Å². The number of hydrogen-bond donors (Lipinski definition) is 1. The normalized spacial score (nSPS) is 14.7. The highest BCUT2D eigenvalue weighted by Crippen LogP contribution is 2.53. The van der Waals surface area contributed by atoms with E-state index in [1.54, 1.807) is 0 Å². The van der Waals surface area contributed by atoms with Crippen LogP contribution in [-0.2, 0) is 4.74 Å². The second-order valence-corrected chi connectivity index (χ2v) is 7.54. The number of non-ortho nitro benzene ring substituents is 2. The molecule has 0 amide bonds. The maximum Gasteiger partial charge on any atom is 0.460 e. The molecule has 0 saturated heterocycles. The molecule has 38 heavy (non-hydrogen) atoms. The third kappa shape index (κ3) is 4.22. The Labute approximate surface area is 202 Å². The van der Waals surface area contributed by atoms with Gasteiger partial charge in [-0.25, -0.2) is 4.79 Å². The molecule has 0 aliphatic heterocycles. The summed E-state index contributed by atoms with van der Waals surface area (Å²) in [5.41, 5.74) is -4.74. The largest absolute Gasteiger partial charge is 0.460 e. The van der Waals surface area contributed by atoms with Crippen LogP contribution in [0.2, 0.25) is 0 Å². The lowest BCUT2D eigenvalue weighted by Gasteiger charge is -2.33. The molecule has 0 heterocycles. The predicted molar refractivity (Wildman–Crippen MR) is 104 cm³/mol. The number of carbonyl (C=O) groups is 1. The fourth-order valence-electron chi connectivity index (χ4n) is 3.41. The first-order chi connectivity index (χ1) is 17.3. The summed E-state index contributed by atoms with van der Waals surface area (Å²) in [7, 11) is 0. The summed E-state index contributed by atoms with van der Waals surface area (Å²) in [6, 6.07) is 3.67. The molecular weight excluding hydrogens is 553 g/mol. The van der Waals surface area contributed by atoms with Gasteiger partial charge < -0.3 is 9.94 Å². The molecule has 2 aromatic rings. The van der Waals surface area contributed by atoms with Crippen molar-refractivity contribution in [1.82, 2.24) is 0 Å². The number of alkyl halides is 9. The van der Waals surface area contributed by atoms with Crippen LogP contribution in [0.5, 0.6) is 0 Å². The molecule has 1 aliphatic carbocycles. The van der Waals surface area contributed by atoms with Gasteiger partial charge in [0.15, 0.2) is 6.61 Å². The molecule has 19 heteroatoms. The quantitative estimate of drug-likeness (QED) is 0.135. The average Bonchev–Trinajstić information content (AvgIpc) is 3.13. The van der Waals surface area contributed by atoms with Gasteiger partial charge in [-0.3, -0.25) is 20.2 Å². The number of oxime groups is 1. The number of carbonyl (C=O) groups excluding carboxylic acids is 1. The van der Waals surface area contributed by atoms with E-state index in [4.69, 9.17) is 0 Å². The van der Waals surface area contributed by atoms with Gasteiger partial charge in [0.25, 0.3) is 11.4 Å². The van der Waals surface area contributed by atoms with Crippen LogP contribution in [0, 0.1) is 20.2 Å². The van der Waals surface area contributed by atoms with Crippen LogP contribution in [-0.4, -0.2) is 57.3 Å². The maximum absolute atomic E-state index is 13.8. The van der Waals surface area contributed by atoms with Gasteiger partial charge in [0.1, 0.15) is 5.71 Å². The Hall–Kier alpha value is -4.45. The first-order valence-corrected chi connectivity index (χ1v) is 9.50. The lowest BCUT2D eigenvalue weighted by Crippen LogP contribution is -2.62. The molecule has 2 aromatic carbocycles. The van der Waals surface area contributed by atoms with Gasteiger partial charge in [0.2, 0.25) is 0 Å². The molecule has 0 radical (unpaired) electrons. The molecule has 1 aliphatic rings. The van der Waals surface area contributed by atoms with E-state index in [9.17, 15) is 69.7 Å². The second-order valence-electron chi connectivity index (χ2n) is 7.54. The first-order valence-electron chi connectivity index (χ1n) is 9.50. The minimum absolute atomic E-state index is 0.221. The van der Waals surface area contributed by atoms with Crippen molar-refractivity contribution in [3.63, 3.8) is 0 Å². The fraction of sp³-hybridized carbons (Fsp3) is 0.263.